The Morgan fingerprint density at radius 2 is 0.648 bits per heavy atom. The predicted octanol–water partition coefficient (Wildman–Crippen LogP) is 0.360. The summed E-state index contributed by atoms with van der Waals surface area (Å²) in [6.45, 7) is 7.92. The monoisotopic (exact) mass is 1010 g/mol. The summed E-state index contributed by atoms with van der Waals surface area (Å²) in [5.41, 5.74) is 0.591. The minimum Gasteiger partial charge on any atom is -0.463 e. The molecule has 0 aromatic heterocycles. The molecule has 3 aliphatic heterocycles. The summed E-state index contributed by atoms with van der Waals surface area (Å²) in [6.07, 6.45) is -26.6. The van der Waals surface area contributed by atoms with E-state index in [0.717, 1.165) is 69.2 Å². The number of rotatable bonds is 20. The van der Waals surface area contributed by atoms with Crippen LogP contribution in [-0.2, 0) is 130 Å². The molecular formula is C45H58O26. The first-order chi connectivity index (χ1) is 33.4. The number of carbonyl (C=O) groups excluding carboxylic acids is 10. The highest BCUT2D eigenvalue weighted by atomic mass is 16.8. The van der Waals surface area contributed by atoms with Crippen LogP contribution >= 0.6 is 0 Å². The topological polar surface area (TPSA) is 318 Å². The van der Waals surface area contributed by atoms with Gasteiger partial charge in [-0.05, 0) is 5.56 Å². The molecule has 0 amide bonds. The smallest absolute Gasteiger partial charge is 0.303 e. The highest BCUT2D eigenvalue weighted by Gasteiger charge is 2.60. The zero-order valence-electron chi connectivity index (χ0n) is 40.5. The third-order valence-electron chi connectivity index (χ3n) is 10.1. The van der Waals surface area contributed by atoms with Crippen LogP contribution in [-0.4, -0.2) is 172 Å². The van der Waals surface area contributed by atoms with E-state index in [9.17, 15) is 47.9 Å². The van der Waals surface area contributed by atoms with Crippen molar-refractivity contribution in [2.75, 3.05) is 19.8 Å². The van der Waals surface area contributed by atoms with Gasteiger partial charge in [0.25, 0.3) is 0 Å². The molecule has 4 rings (SSSR count). The Kier molecular flexibility index (Phi) is 21.6. The van der Waals surface area contributed by atoms with Crippen LogP contribution in [0.15, 0.2) is 30.3 Å². The molecule has 3 aliphatic rings. The Hall–Kier alpha value is -6.32. The average molecular weight is 1010 g/mol. The lowest BCUT2D eigenvalue weighted by molar-refractivity contribution is -0.386. The van der Waals surface area contributed by atoms with Crippen LogP contribution in [0.4, 0.5) is 0 Å². The van der Waals surface area contributed by atoms with Gasteiger partial charge in [-0.15, -0.1) is 0 Å². The van der Waals surface area contributed by atoms with Crippen LogP contribution in [0, 0.1) is 0 Å². The number of esters is 10. The van der Waals surface area contributed by atoms with E-state index in [1.165, 1.54) is 0 Å². The summed E-state index contributed by atoms with van der Waals surface area (Å²) in [5.74, 6) is -9.34. The highest BCUT2D eigenvalue weighted by molar-refractivity contribution is 5.70. The number of carbonyl (C=O) groups is 10. The molecule has 26 nitrogen and oxygen atoms in total. The van der Waals surface area contributed by atoms with E-state index in [1.54, 1.807) is 30.3 Å². The summed E-state index contributed by atoms with van der Waals surface area (Å²) in [7, 11) is 0. The van der Waals surface area contributed by atoms with Crippen LogP contribution in [0.5, 0.6) is 0 Å². The molecular weight excluding hydrogens is 956 g/mol. The van der Waals surface area contributed by atoms with Gasteiger partial charge in [0.15, 0.2) is 67.7 Å². The predicted molar refractivity (Wildman–Crippen MR) is 226 cm³/mol. The van der Waals surface area contributed by atoms with Crippen molar-refractivity contribution in [2.24, 2.45) is 0 Å². The minimum atomic E-state index is -2.04. The van der Waals surface area contributed by atoms with Crippen molar-refractivity contribution < 1.29 is 124 Å². The Morgan fingerprint density at radius 1 is 0.352 bits per heavy atom. The van der Waals surface area contributed by atoms with Gasteiger partial charge in [0.1, 0.15) is 44.2 Å². The van der Waals surface area contributed by atoms with Gasteiger partial charge < -0.3 is 75.8 Å². The van der Waals surface area contributed by atoms with Gasteiger partial charge in [-0.2, -0.15) is 0 Å². The highest BCUT2D eigenvalue weighted by Crippen LogP contribution is 2.38. The molecule has 0 bridgehead atoms. The van der Waals surface area contributed by atoms with Crippen LogP contribution in [0.1, 0.15) is 74.8 Å². The zero-order chi connectivity index (χ0) is 52.7. The summed E-state index contributed by atoms with van der Waals surface area (Å²) < 4.78 is 93.2. The SMILES string of the molecule is CC(=O)OCC1O[C@@H](OCc2ccccc2)C(O[C@@H]2OC(COC(C)=O)[C@H](OC(C)=O)[C@H](O[C@@H]3OC(COC(C)=O)[C@H](OC(C)=O)[C@H](OC(C)=O)C3OC(C)=O)C2OC(C)=O)[C@@H](OC(C)=O)[C@H]1OC(C)=O. The maximum absolute atomic E-state index is 13.2. The van der Waals surface area contributed by atoms with E-state index in [0.29, 0.717) is 5.56 Å². The molecule has 0 radical (unpaired) electrons. The van der Waals surface area contributed by atoms with Gasteiger partial charge >= 0.3 is 59.7 Å². The molecule has 394 valence electrons. The number of hydrogen-bond donors (Lipinski definition) is 0. The lowest BCUT2D eigenvalue weighted by atomic mass is 9.95. The van der Waals surface area contributed by atoms with E-state index < -0.39 is 172 Å². The van der Waals surface area contributed by atoms with Crippen molar-refractivity contribution in [3.8, 4) is 0 Å². The van der Waals surface area contributed by atoms with Crippen molar-refractivity contribution in [1.29, 1.82) is 0 Å². The van der Waals surface area contributed by atoms with Crippen molar-refractivity contribution in [3.63, 3.8) is 0 Å². The molecule has 0 spiro atoms. The summed E-state index contributed by atoms with van der Waals surface area (Å²) in [6, 6.07) is 8.57. The van der Waals surface area contributed by atoms with Crippen molar-refractivity contribution in [1.82, 2.24) is 0 Å². The summed E-state index contributed by atoms with van der Waals surface area (Å²) in [4.78, 5) is 126. The molecule has 3 heterocycles. The first-order valence-corrected chi connectivity index (χ1v) is 22.0. The second-order valence-corrected chi connectivity index (χ2v) is 16.1. The maximum Gasteiger partial charge on any atom is 0.303 e. The average Bonchev–Trinajstić information content (AvgIpc) is 3.25. The lowest BCUT2D eigenvalue weighted by Crippen LogP contribution is -2.69. The molecule has 0 aliphatic carbocycles. The fourth-order valence-electron chi connectivity index (χ4n) is 7.64. The van der Waals surface area contributed by atoms with Gasteiger partial charge in [0.05, 0.1) is 6.61 Å². The minimum absolute atomic E-state index is 0.214. The molecule has 6 unspecified atom stereocenters. The summed E-state index contributed by atoms with van der Waals surface area (Å²) >= 11 is 0. The first kappa shape index (κ1) is 57.3. The van der Waals surface area contributed by atoms with Crippen LogP contribution < -0.4 is 0 Å². The van der Waals surface area contributed by atoms with E-state index in [1.807, 2.05) is 0 Å². The lowest BCUT2D eigenvalue weighted by Gasteiger charge is -2.50. The third kappa shape index (κ3) is 17.5. The van der Waals surface area contributed by atoms with Crippen molar-refractivity contribution in [3.05, 3.63) is 35.9 Å². The van der Waals surface area contributed by atoms with E-state index in [2.05, 4.69) is 0 Å². The molecule has 71 heavy (non-hydrogen) atoms. The second-order valence-electron chi connectivity index (χ2n) is 16.1. The van der Waals surface area contributed by atoms with Gasteiger partial charge in [-0.1, -0.05) is 30.3 Å². The quantitative estimate of drug-likeness (QED) is 0.126. The molecule has 0 saturated carbocycles. The van der Waals surface area contributed by atoms with E-state index in [-0.39, 0.29) is 6.61 Å². The Labute approximate surface area is 406 Å². The number of hydrogen-bond acceptors (Lipinski definition) is 26. The normalized spacial score (nSPS) is 30.2. The fraction of sp³-hybridized carbons (Fsp3) is 0.644. The van der Waals surface area contributed by atoms with E-state index in [4.69, 9.17) is 75.8 Å². The molecule has 1 aromatic rings. The Balaban J connectivity index is 1.97. The second kappa shape index (κ2) is 26.8. The number of benzene rings is 1. The standard InChI is InChI=1S/C45H58O26/c1-20(46)56-17-31-34(60-23(4)49)37(63-26(7)52)40(43(67-31)59-16-30-14-12-11-13-15-30)71-45-42(66-29(10)55)39(36(62-25(6)51)33(69-45)19-58-22(3)48)70-44-41(65-28(9)54)38(64-27(8)53)35(61-24(5)50)32(68-44)18-57-21(2)47/h11-15,31-45H,16-19H2,1-10H3/t31?,32?,33?,34-,35-,36-,37-,38-,39-,40?,41?,42?,43+,44-,45-/m0/s1. The largest absolute Gasteiger partial charge is 0.463 e. The van der Waals surface area contributed by atoms with E-state index >= 15 is 0 Å². The molecule has 3 saturated heterocycles. The van der Waals surface area contributed by atoms with Gasteiger partial charge in [0, 0.05) is 69.2 Å². The molecule has 3 fully saturated rings. The van der Waals surface area contributed by atoms with Crippen LogP contribution in [0.25, 0.3) is 0 Å². The van der Waals surface area contributed by atoms with Crippen LogP contribution in [0.2, 0.25) is 0 Å². The molecule has 15 atom stereocenters. The Bertz CT molecular complexity index is 2060. The first-order valence-electron chi connectivity index (χ1n) is 22.0. The maximum atomic E-state index is 13.2. The van der Waals surface area contributed by atoms with Crippen molar-refractivity contribution in [2.45, 2.75) is 168 Å². The zero-order valence-corrected chi connectivity index (χ0v) is 40.5. The van der Waals surface area contributed by atoms with Crippen molar-refractivity contribution >= 4 is 59.7 Å². The molecule has 26 heteroatoms. The molecule has 1 aromatic carbocycles. The molecule has 0 N–H and O–H groups in total. The third-order valence-corrected chi connectivity index (χ3v) is 10.1. The van der Waals surface area contributed by atoms with Gasteiger partial charge in [0.2, 0.25) is 0 Å². The summed E-state index contributed by atoms with van der Waals surface area (Å²) in [5, 5.41) is 0. The Morgan fingerprint density at radius 3 is 1.01 bits per heavy atom. The van der Waals surface area contributed by atoms with Gasteiger partial charge in [-0.25, -0.2) is 0 Å². The fourth-order valence-corrected chi connectivity index (χ4v) is 7.64. The van der Waals surface area contributed by atoms with Crippen LogP contribution in [0.3, 0.4) is 0 Å². The number of ether oxygens (including phenoxy) is 16. The van der Waals surface area contributed by atoms with Gasteiger partial charge in [-0.3, -0.25) is 47.9 Å².